The number of aromatic amines is 1. The lowest BCUT2D eigenvalue weighted by Gasteiger charge is -2.32. The van der Waals surface area contributed by atoms with Gasteiger partial charge in [0.1, 0.15) is 5.75 Å². The Kier molecular flexibility index (Phi) is 5.91. The van der Waals surface area contributed by atoms with Crippen LogP contribution in [0.25, 0.3) is 11.3 Å². The van der Waals surface area contributed by atoms with Gasteiger partial charge in [0.25, 0.3) is 5.91 Å². The maximum absolute atomic E-state index is 12.9. The van der Waals surface area contributed by atoms with E-state index >= 15 is 0 Å². The van der Waals surface area contributed by atoms with Crippen LogP contribution in [0.2, 0.25) is 0 Å². The van der Waals surface area contributed by atoms with E-state index in [0.717, 1.165) is 43.8 Å². The first-order valence-corrected chi connectivity index (χ1v) is 9.98. The number of piperidine rings is 1. The quantitative estimate of drug-likeness (QED) is 0.676. The topological polar surface area (TPSA) is 70.2 Å². The smallest absolute Gasteiger partial charge is 0.255 e. The minimum Gasteiger partial charge on any atom is -0.497 e. The second kappa shape index (κ2) is 8.92. The van der Waals surface area contributed by atoms with Crippen molar-refractivity contribution < 1.29 is 9.53 Å². The second-order valence-corrected chi connectivity index (χ2v) is 7.40. The van der Waals surface area contributed by atoms with Gasteiger partial charge in [-0.3, -0.25) is 14.8 Å². The van der Waals surface area contributed by atoms with Crippen molar-refractivity contribution in [1.82, 2.24) is 20.4 Å². The van der Waals surface area contributed by atoms with Crippen molar-refractivity contribution >= 4 is 5.91 Å². The van der Waals surface area contributed by atoms with E-state index in [1.807, 2.05) is 30.3 Å². The Balaban J connectivity index is 1.36. The normalized spacial score (nSPS) is 15.2. The summed E-state index contributed by atoms with van der Waals surface area (Å²) in [4.78, 5) is 15.3. The predicted molar refractivity (Wildman–Crippen MR) is 113 cm³/mol. The summed E-state index contributed by atoms with van der Waals surface area (Å²) in [7, 11) is 1.63. The predicted octanol–water partition coefficient (Wildman–Crippen LogP) is 3.48. The fourth-order valence-corrected chi connectivity index (χ4v) is 3.80. The molecule has 0 spiro atoms. The third-order valence-corrected chi connectivity index (χ3v) is 5.41. The molecule has 150 valence electrons. The Morgan fingerprint density at radius 3 is 2.72 bits per heavy atom. The Bertz CT molecular complexity index is 946. The zero-order valence-electron chi connectivity index (χ0n) is 16.6. The van der Waals surface area contributed by atoms with E-state index in [4.69, 9.17) is 4.74 Å². The summed E-state index contributed by atoms with van der Waals surface area (Å²) < 4.78 is 5.29. The monoisotopic (exact) mass is 390 g/mol. The zero-order valence-corrected chi connectivity index (χ0v) is 16.6. The van der Waals surface area contributed by atoms with Crippen molar-refractivity contribution in [2.45, 2.75) is 25.4 Å². The van der Waals surface area contributed by atoms with Crippen molar-refractivity contribution in [1.29, 1.82) is 0 Å². The SMILES string of the molecule is COc1cccc(-c2[nH]ncc2C(=O)NC2CCN(Cc3ccccc3)CC2)c1. The molecule has 0 saturated carbocycles. The molecule has 2 aromatic carbocycles. The highest BCUT2D eigenvalue weighted by atomic mass is 16.5. The average molecular weight is 390 g/mol. The van der Waals surface area contributed by atoms with E-state index in [1.165, 1.54) is 5.56 Å². The largest absolute Gasteiger partial charge is 0.497 e. The number of likely N-dealkylation sites (tertiary alicyclic amines) is 1. The standard InChI is InChI=1S/C23H26N4O2/c1-29-20-9-5-8-18(14-20)22-21(15-24-26-22)23(28)25-19-10-12-27(13-11-19)16-17-6-3-2-4-7-17/h2-9,14-15,19H,10-13,16H2,1H3,(H,24,26)(H,25,28). The van der Waals surface area contributed by atoms with Crippen molar-refractivity contribution in [2.75, 3.05) is 20.2 Å². The number of benzene rings is 2. The van der Waals surface area contributed by atoms with Crippen LogP contribution < -0.4 is 10.1 Å². The number of H-pyrrole nitrogens is 1. The fraction of sp³-hybridized carbons (Fsp3) is 0.304. The first-order chi connectivity index (χ1) is 14.2. The van der Waals surface area contributed by atoms with E-state index < -0.39 is 0 Å². The Labute approximate surface area is 170 Å². The van der Waals surface area contributed by atoms with Crippen LogP contribution in [0.15, 0.2) is 60.8 Å². The van der Waals surface area contributed by atoms with Gasteiger partial charge in [-0.15, -0.1) is 0 Å². The van der Waals surface area contributed by atoms with Crippen LogP contribution in [0.4, 0.5) is 0 Å². The molecule has 1 saturated heterocycles. The number of hydrogen-bond acceptors (Lipinski definition) is 4. The van der Waals surface area contributed by atoms with Crippen molar-refractivity contribution in [3.63, 3.8) is 0 Å². The number of carbonyl (C=O) groups is 1. The maximum atomic E-state index is 12.9. The van der Waals surface area contributed by atoms with E-state index in [2.05, 4.69) is 44.7 Å². The first kappa shape index (κ1) is 19.2. The van der Waals surface area contributed by atoms with Gasteiger partial charge < -0.3 is 10.1 Å². The summed E-state index contributed by atoms with van der Waals surface area (Å²) >= 11 is 0. The zero-order chi connectivity index (χ0) is 20.1. The summed E-state index contributed by atoms with van der Waals surface area (Å²) in [5, 5.41) is 10.2. The van der Waals surface area contributed by atoms with E-state index in [1.54, 1.807) is 13.3 Å². The number of carbonyl (C=O) groups excluding carboxylic acids is 1. The minimum absolute atomic E-state index is 0.0851. The lowest BCUT2D eigenvalue weighted by molar-refractivity contribution is 0.0909. The highest BCUT2D eigenvalue weighted by molar-refractivity contribution is 6.00. The molecule has 0 radical (unpaired) electrons. The molecule has 0 aliphatic carbocycles. The molecule has 6 nitrogen and oxygen atoms in total. The highest BCUT2D eigenvalue weighted by Crippen LogP contribution is 2.25. The number of nitrogens with one attached hydrogen (secondary N) is 2. The third-order valence-electron chi connectivity index (χ3n) is 5.41. The number of aromatic nitrogens is 2. The van der Waals surface area contributed by atoms with E-state index in [-0.39, 0.29) is 11.9 Å². The Hall–Kier alpha value is -3.12. The molecule has 1 aliphatic heterocycles. The summed E-state index contributed by atoms with van der Waals surface area (Å²) in [6.45, 7) is 2.92. The molecule has 2 heterocycles. The molecule has 0 unspecified atom stereocenters. The van der Waals surface area contributed by atoms with Gasteiger partial charge in [0.15, 0.2) is 0 Å². The molecule has 2 N–H and O–H groups in total. The average Bonchev–Trinajstić information content (AvgIpc) is 3.26. The van der Waals surface area contributed by atoms with Gasteiger partial charge in [0.2, 0.25) is 0 Å². The molecule has 0 bridgehead atoms. The van der Waals surface area contributed by atoms with Crippen LogP contribution in [-0.4, -0.2) is 47.2 Å². The first-order valence-electron chi connectivity index (χ1n) is 9.98. The molecule has 1 aliphatic rings. The number of nitrogens with zero attached hydrogens (tertiary/aromatic N) is 2. The van der Waals surface area contributed by atoms with Gasteiger partial charge in [-0.2, -0.15) is 5.10 Å². The summed E-state index contributed by atoms with van der Waals surface area (Å²) in [5.74, 6) is 0.660. The Morgan fingerprint density at radius 1 is 1.17 bits per heavy atom. The van der Waals surface area contributed by atoms with Crippen LogP contribution in [-0.2, 0) is 6.54 Å². The maximum Gasteiger partial charge on any atom is 0.255 e. The summed E-state index contributed by atoms with van der Waals surface area (Å²) in [5.41, 5.74) is 3.48. The molecule has 3 aromatic rings. The lowest BCUT2D eigenvalue weighted by atomic mass is 10.0. The van der Waals surface area contributed by atoms with Crippen LogP contribution in [0.3, 0.4) is 0 Å². The van der Waals surface area contributed by atoms with Crippen LogP contribution in [0.5, 0.6) is 5.75 Å². The van der Waals surface area contributed by atoms with Crippen LogP contribution >= 0.6 is 0 Å². The van der Waals surface area contributed by atoms with Gasteiger partial charge >= 0.3 is 0 Å². The van der Waals surface area contributed by atoms with Crippen LogP contribution in [0.1, 0.15) is 28.8 Å². The fourth-order valence-electron chi connectivity index (χ4n) is 3.80. The second-order valence-electron chi connectivity index (χ2n) is 7.40. The van der Waals surface area contributed by atoms with Crippen molar-refractivity contribution in [2.24, 2.45) is 0 Å². The molecular formula is C23H26N4O2. The number of hydrogen-bond donors (Lipinski definition) is 2. The molecule has 1 amide bonds. The van der Waals surface area contributed by atoms with Gasteiger partial charge in [-0.1, -0.05) is 42.5 Å². The van der Waals surface area contributed by atoms with E-state index in [0.29, 0.717) is 11.3 Å². The van der Waals surface area contributed by atoms with Gasteiger partial charge in [0.05, 0.1) is 24.6 Å². The van der Waals surface area contributed by atoms with Gasteiger partial charge in [-0.05, 0) is 30.5 Å². The number of methoxy groups -OCH3 is 1. The molecule has 6 heteroatoms. The summed E-state index contributed by atoms with van der Waals surface area (Å²) in [6.07, 6.45) is 3.49. The van der Waals surface area contributed by atoms with Crippen LogP contribution in [0, 0.1) is 0 Å². The van der Waals surface area contributed by atoms with Gasteiger partial charge in [0, 0.05) is 31.2 Å². The number of rotatable bonds is 6. The molecule has 1 fully saturated rings. The summed E-state index contributed by atoms with van der Waals surface area (Å²) in [6, 6.07) is 18.3. The Morgan fingerprint density at radius 2 is 1.97 bits per heavy atom. The molecule has 1 aromatic heterocycles. The van der Waals surface area contributed by atoms with E-state index in [9.17, 15) is 4.79 Å². The molecular weight excluding hydrogens is 364 g/mol. The minimum atomic E-state index is -0.0851. The lowest BCUT2D eigenvalue weighted by Crippen LogP contribution is -2.44. The van der Waals surface area contributed by atoms with Crippen molar-refractivity contribution in [3.8, 4) is 17.0 Å². The number of amides is 1. The molecule has 29 heavy (non-hydrogen) atoms. The van der Waals surface area contributed by atoms with Gasteiger partial charge in [-0.25, -0.2) is 0 Å². The highest BCUT2D eigenvalue weighted by Gasteiger charge is 2.23. The number of ether oxygens (including phenoxy) is 1. The van der Waals surface area contributed by atoms with Crippen molar-refractivity contribution in [3.05, 3.63) is 71.9 Å². The third kappa shape index (κ3) is 4.66. The molecule has 0 atom stereocenters. The molecule has 4 rings (SSSR count).